The molecular formula is C24H28ClFN6O2. The van der Waals surface area contributed by atoms with Crippen LogP contribution in [0, 0.1) is 11.2 Å². The maximum Gasteiger partial charge on any atom is 0.257 e. The third kappa shape index (κ3) is 4.92. The molecule has 0 spiro atoms. The molecule has 34 heavy (non-hydrogen) atoms. The number of aromatic nitrogens is 2. The molecule has 5 rings (SSSR count). The maximum absolute atomic E-state index is 14.1. The highest BCUT2D eigenvalue weighted by molar-refractivity contribution is 6.30. The van der Waals surface area contributed by atoms with Crippen LogP contribution in [0.3, 0.4) is 0 Å². The molecule has 0 radical (unpaired) electrons. The van der Waals surface area contributed by atoms with Crippen molar-refractivity contribution in [3.05, 3.63) is 52.8 Å². The Kier molecular flexibility index (Phi) is 6.76. The van der Waals surface area contributed by atoms with Gasteiger partial charge in [-0.05, 0) is 37.9 Å². The molecule has 2 N–H and O–H groups in total. The Morgan fingerprint density at radius 3 is 2.68 bits per heavy atom. The number of likely N-dealkylation sites (tertiary alicyclic amines) is 2. The molecule has 3 aliphatic rings. The van der Waals surface area contributed by atoms with Gasteiger partial charge in [-0.25, -0.2) is 14.4 Å². The van der Waals surface area contributed by atoms with E-state index >= 15 is 0 Å². The van der Waals surface area contributed by atoms with Gasteiger partial charge in [-0.3, -0.25) is 9.69 Å². The van der Waals surface area contributed by atoms with E-state index in [0.29, 0.717) is 28.2 Å². The summed E-state index contributed by atoms with van der Waals surface area (Å²) >= 11 is 5.87. The second-order valence-electron chi connectivity index (χ2n) is 9.16. The molecule has 2 unspecified atom stereocenters. The molecule has 10 heteroatoms. The molecule has 1 aromatic carbocycles. The van der Waals surface area contributed by atoms with Crippen LogP contribution in [0.1, 0.15) is 41.4 Å². The first-order chi connectivity index (χ1) is 16.5. The molecule has 1 aromatic heterocycles. The number of halogens is 2. The van der Waals surface area contributed by atoms with Crippen LogP contribution in [-0.4, -0.2) is 82.8 Å². The third-order valence-corrected chi connectivity index (χ3v) is 7.11. The largest absolute Gasteiger partial charge is 0.489 e. The number of hydrogen-bond acceptors (Lipinski definition) is 7. The monoisotopic (exact) mass is 486 g/mol. The van der Waals surface area contributed by atoms with Gasteiger partial charge >= 0.3 is 0 Å². The van der Waals surface area contributed by atoms with Crippen LogP contribution in [0.2, 0.25) is 5.02 Å². The van der Waals surface area contributed by atoms with Gasteiger partial charge in [-0.1, -0.05) is 11.6 Å². The van der Waals surface area contributed by atoms with Crippen LogP contribution in [-0.2, 0) is 0 Å². The van der Waals surface area contributed by atoms with Crippen LogP contribution in [0.15, 0.2) is 30.6 Å². The molecule has 8 nitrogen and oxygen atoms in total. The first-order valence-electron chi connectivity index (χ1n) is 11.7. The normalized spacial score (nSPS) is 24.1. The van der Waals surface area contributed by atoms with Crippen LogP contribution in [0.25, 0.3) is 0 Å². The number of nitrogens with one attached hydrogen (secondary N) is 2. The van der Waals surface area contributed by atoms with Gasteiger partial charge in [0.1, 0.15) is 23.5 Å². The van der Waals surface area contributed by atoms with Gasteiger partial charge < -0.3 is 20.4 Å². The van der Waals surface area contributed by atoms with Crippen LogP contribution in [0.5, 0.6) is 5.75 Å². The van der Waals surface area contributed by atoms with E-state index in [9.17, 15) is 9.18 Å². The fraction of sp³-hybridized carbons (Fsp3) is 0.500. The summed E-state index contributed by atoms with van der Waals surface area (Å²) in [5.41, 5.74) is 0.670. The van der Waals surface area contributed by atoms with E-state index in [2.05, 4.69) is 20.2 Å². The lowest BCUT2D eigenvalue weighted by Crippen LogP contribution is -2.45. The van der Waals surface area contributed by atoms with Crippen molar-refractivity contribution in [1.82, 2.24) is 25.1 Å². The van der Waals surface area contributed by atoms with E-state index in [1.807, 2.05) is 0 Å². The van der Waals surface area contributed by atoms with E-state index in [-0.39, 0.29) is 36.8 Å². The Labute approximate surface area is 203 Å². The highest BCUT2D eigenvalue weighted by atomic mass is 35.5. The molecule has 3 aliphatic heterocycles. The Hall–Kier alpha value is -2.62. The second-order valence-corrected chi connectivity index (χ2v) is 9.60. The number of hydrogen-bond donors (Lipinski definition) is 2. The first kappa shape index (κ1) is 23.1. The molecular weight excluding hydrogens is 459 g/mol. The number of benzene rings is 1. The molecule has 0 bridgehead atoms. The van der Waals surface area contributed by atoms with E-state index in [1.54, 1.807) is 4.90 Å². The SMILES string of the molecule is N=C1CN(C(=O)c2ccc(F)cc2OC2CCN(C3CCNC3)CC2)CC1c1ncc(Cl)cn1. The lowest BCUT2D eigenvalue weighted by atomic mass is 10.0. The molecule has 1 amide bonds. The summed E-state index contributed by atoms with van der Waals surface area (Å²) in [6, 6.07) is 4.62. The average Bonchev–Trinajstić information content (AvgIpc) is 3.50. The van der Waals surface area contributed by atoms with Crippen LogP contribution >= 0.6 is 11.6 Å². The second kappa shape index (κ2) is 9.93. The number of ether oxygens (including phenoxy) is 1. The van der Waals surface area contributed by atoms with Crippen LogP contribution in [0.4, 0.5) is 4.39 Å². The fourth-order valence-corrected chi connectivity index (χ4v) is 5.13. The van der Waals surface area contributed by atoms with Crippen molar-refractivity contribution in [1.29, 1.82) is 5.41 Å². The molecule has 0 saturated carbocycles. The number of amides is 1. The van der Waals surface area contributed by atoms with Gasteiger partial charge in [0.2, 0.25) is 0 Å². The zero-order valence-electron chi connectivity index (χ0n) is 18.8. The zero-order valence-corrected chi connectivity index (χ0v) is 19.6. The third-order valence-electron chi connectivity index (χ3n) is 6.92. The minimum atomic E-state index is -0.442. The molecule has 3 saturated heterocycles. The number of piperidine rings is 1. The molecule has 2 aromatic rings. The maximum atomic E-state index is 14.1. The topological polar surface area (TPSA) is 94.4 Å². The minimum Gasteiger partial charge on any atom is -0.489 e. The summed E-state index contributed by atoms with van der Waals surface area (Å²) in [4.78, 5) is 25.9. The Balaban J connectivity index is 1.26. The first-order valence-corrected chi connectivity index (χ1v) is 12.1. The zero-order chi connectivity index (χ0) is 23.7. The number of carbonyl (C=O) groups is 1. The Morgan fingerprint density at radius 2 is 1.97 bits per heavy atom. The molecule has 180 valence electrons. The van der Waals surface area contributed by atoms with Crippen molar-refractivity contribution < 1.29 is 13.9 Å². The van der Waals surface area contributed by atoms with Crippen LogP contribution < -0.4 is 10.1 Å². The van der Waals surface area contributed by atoms with E-state index in [4.69, 9.17) is 21.7 Å². The Morgan fingerprint density at radius 1 is 1.21 bits per heavy atom. The smallest absolute Gasteiger partial charge is 0.257 e. The van der Waals surface area contributed by atoms with Gasteiger partial charge in [0.05, 0.1) is 23.0 Å². The lowest BCUT2D eigenvalue weighted by Gasteiger charge is -2.36. The summed E-state index contributed by atoms with van der Waals surface area (Å²) in [6.07, 6.45) is 5.76. The van der Waals surface area contributed by atoms with Gasteiger partial charge in [-0.2, -0.15) is 0 Å². The van der Waals surface area contributed by atoms with Gasteiger partial charge in [0.15, 0.2) is 0 Å². The summed E-state index contributed by atoms with van der Waals surface area (Å²) in [7, 11) is 0. The highest BCUT2D eigenvalue weighted by Crippen LogP contribution is 2.29. The van der Waals surface area contributed by atoms with E-state index < -0.39 is 5.82 Å². The van der Waals surface area contributed by atoms with Crippen molar-refractivity contribution in [3.63, 3.8) is 0 Å². The van der Waals surface area contributed by atoms with Gasteiger partial charge in [0, 0.05) is 56.4 Å². The molecule has 2 atom stereocenters. The van der Waals surface area contributed by atoms with Crippen molar-refractivity contribution in [2.45, 2.75) is 37.3 Å². The number of nitrogens with zero attached hydrogens (tertiary/aromatic N) is 4. The molecule has 4 heterocycles. The lowest BCUT2D eigenvalue weighted by molar-refractivity contribution is 0.0729. The standard InChI is InChI=1S/C24H28ClFN6O2/c25-15-10-29-23(30-11-15)20-13-32(14-21(20)27)24(33)19-2-1-16(26)9-22(19)34-18-4-7-31(8-5-18)17-3-6-28-12-17/h1-2,9-11,17-18,20,27-28H,3-8,12-14H2. The van der Waals surface area contributed by atoms with Crippen molar-refractivity contribution in [3.8, 4) is 5.75 Å². The summed E-state index contributed by atoms with van der Waals surface area (Å²) < 4.78 is 20.3. The molecule has 0 aliphatic carbocycles. The van der Waals surface area contributed by atoms with Crippen molar-refractivity contribution in [2.24, 2.45) is 0 Å². The number of rotatable bonds is 5. The molecule has 3 fully saturated rings. The summed E-state index contributed by atoms with van der Waals surface area (Å²) in [5.74, 6) is -0.387. The summed E-state index contributed by atoms with van der Waals surface area (Å²) in [5, 5.41) is 12.2. The van der Waals surface area contributed by atoms with Crippen molar-refractivity contribution in [2.75, 3.05) is 39.3 Å². The van der Waals surface area contributed by atoms with Gasteiger partial charge in [0.25, 0.3) is 5.91 Å². The Bertz CT molecular complexity index is 1050. The van der Waals surface area contributed by atoms with E-state index in [0.717, 1.165) is 39.0 Å². The predicted octanol–water partition coefficient (Wildman–Crippen LogP) is 2.73. The number of carbonyl (C=O) groups excluding carboxylic acids is 1. The summed E-state index contributed by atoms with van der Waals surface area (Å²) in [6.45, 7) is 4.41. The van der Waals surface area contributed by atoms with Gasteiger partial charge in [-0.15, -0.1) is 0 Å². The minimum absolute atomic E-state index is 0.0638. The fourth-order valence-electron chi connectivity index (χ4n) is 5.04. The highest BCUT2D eigenvalue weighted by Gasteiger charge is 2.35. The van der Waals surface area contributed by atoms with Crippen molar-refractivity contribution >= 4 is 23.2 Å². The predicted molar refractivity (Wildman–Crippen MR) is 126 cm³/mol. The average molecular weight is 487 g/mol. The van der Waals surface area contributed by atoms with E-state index in [1.165, 1.54) is 37.0 Å². The quantitative estimate of drug-likeness (QED) is 0.675.